The van der Waals surface area contributed by atoms with Gasteiger partial charge < -0.3 is 24.0 Å². The topological polar surface area (TPSA) is 123 Å². The summed E-state index contributed by atoms with van der Waals surface area (Å²) in [5.74, 6) is 0.976. The lowest BCUT2D eigenvalue weighted by Crippen LogP contribution is -2.16. The van der Waals surface area contributed by atoms with E-state index in [0.29, 0.717) is 39.0 Å². The van der Waals surface area contributed by atoms with Gasteiger partial charge in [0.25, 0.3) is 11.4 Å². The molecule has 0 amide bonds. The van der Waals surface area contributed by atoms with Gasteiger partial charge in [-0.25, -0.2) is 0 Å². The molecule has 0 spiro atoms. The van der Waals surface area contributed by atoms with Gasteiger partial charge in [-0.2, -0.15) is 0 Å². The first-order valence-electron chi connectivity index (χ1n) is 11.6. The molecule has 2 N–H and O–H groups in total. The molecule has 10 heteroatoms. The number of halogens is 1. The van der Waals surface area contributed by atoms with Crippen molar-refractivity contribution >= 4 is 11.6 Å². The van der Waals surface area contributed by atoms with Crippen molar-refractivity contribution < 1.29 is 19.0 Å². The molecule has 1 aliphatic carbocycles. The van der Waals surface area contributed by atoms with Gasteiger partial charge in [-0.1, -0.05) is 30.5 Å². The Hall–Kier alpha value is -3.85. The number of benzene rings is 1. The van der Waals surface area contributed by atoms with E-state index in [1.54, 1.807) is 44.6 Å². The van der Waals surface area contributed by atoms with E-state index >= 15 is 0 Å². The smallest absolute Gasteiger partial charge is 0.264 e. The number of nitrogens with one attached hydrogen (secondary N) is 1. The Balaban J connectivity index is 1.66. The fraction of sp³-hybridized carbons (Fsp3) is 0.308. The van der Waals surface area contributed by atoms with Crippen LogP contribution in [-0.2, 0) is 6.42 Å². The van der Waals surface area contributed by atoms with Crippen molar-refractivity contribution in [2.45, 2.75) is 38.0 Å². The van der Waals surface area contributed by atoms with E-state index in [2.05, 4.69) is 20.2 Å². The molecule has 1 fully saturated rings. The summed E-state index contributed by atoms with van der Waals surface area (Å²) in [5, 5.41) is 20.2. The van der Waals surface area contributed by atoms with Crippen molar-refractivity contribution in [1.29, 1.82) is 0 Å². The highest BCUT2D eigenvalue weighted by molar-refractivity contribution is 6.30. The third-order valence-corrected chi connectivity index (χ3v) is 6.68. The summed E-state index contributed by atoms with van der Waals surface area (Å²) in [7, 11) is 3.10. The van der Waals surface area contributed by atoms with Gasteiger partial charge in [-0.3, -0.25) is 9.78 Å². The van der Waals surface area contributed by atoms with Gasteiger partial charge in [0, 0.05) is 17.6 Å². The number of H-pyrrole nitrogens is 1. The lowest BCUT2D eigenvalue weighted by molar-refractivity contribution is 0.396. The summed E-state index contributed by atoms with van der Waals surface area (Å²) in [5.41, 5.74) is 1.68. The van der Waals surface area contributed by atoms with Gasteiger partial charge in [0.15, 0.2) is 0 Å². The second-order valence-corrected chi connectivity index (χ2v) is 9.07. The number of aromatic nitrogens is 4. The van der Waals surface area contributed by atoms with Gasteiger partial charge in [-0.05, 0) is 43.0 Å². The van der Waals surface area contributed by atoms with Crippen molar-refractivity contribution in [2.24, 2.45) is 0 Å². The lowest BCUT2D eigenvalue weighted by atomic mass is 9.91. The number of ether oxygens (including phenoxy) is 2. The van der Waals surface area contributed by atoms with E-state index in [9.17, 15) is 9.90 Å². The molecule has 3 heterocycles. The Kier molecular flexibility index (Phi) is 6.65. The van der Waals surface area contributed by atoms with Crippen LogP contribution >= 0.6 is 11.6 Å². The molecule has 4 aromatic rings. The van der Waals surface area contributed by atoms with Gasteiger partial charge in [0.1, 0.15) is 22.8 Å². The average molecular weight is 509 g/mol. The van der Waals surface area contributed by atoms with Gasteiger partial charge in [0.2, 0.25) is 5.89 Å². The maximum atomic E-state index is 13.3. The van der Waals surface area contributed by atoms with Crippen molar-refractivity contribution in [3.05, 3.63) is 69.2 Å². The first kappa shape index (κ1) is 23.9. The fourth-order valence-electron chi connectivity index (χ4n) is 4.77. The largest absolute Gasteiger partial charge is 0.506 e. The summed E-state index contributed by atoms with van der Waals surface area (Å²) in [6, 6.07) is 8.83. The maximum Gasteiger partial charge on any atom is 0.264 e. The van der Waals surface area contributed by atoms with Crippen LogP contribution in [0.25, 0.3) is 22.6 Å². The highest BCUT2D eigenvalue weighted by Gasteiger charge is 2.31. The van der Waals surface area contributed by atoms with Crippen LogP contribution in [0.2, 0.25) is 5.02 Å². The number of nitrogens with zero attached hydrogens (tertiary/aromatic N) is 3. The molecule has 5 rings (SSSR count). The molecular weight excluding hydrogens is 484 g/mol. The molecule has 186 valence electrons. The molecule has 36 heavy (non-hydrogen) atoms. The van der Waals surface area contributed by atoms with Crippen molar-refractivity contribution in [3.63, 3.8) is 0 Å². The molecule has 3 aromatic heterocycles. The van der Waals surface area contributed by atoms with E-state index in [4.69, 9.17) is 25.5 Å². The Morgan fingerprint density at radius 1 is 1.06 bits per heavy atom. The van der Waals surface area contributed by atoms with Crippen LogP contribution in [0.4, 0.5) is 0 Å². The summed E-state index contributed by atoms with van der Waals surface area (Å²) in [4.78, 5) is 20.5. The van der Waals surface area contributed by atoms with Crippen LogP contribution in [0, 0.1) is 0 Å². The molecule has 0 bridgehead atoms. The van der Waals surface area contributed by atoms with E-state index in [-0.39, 0.29) is 35.4 Å². The third-order valence-electron chi connectivity index (χ3n) is 6.46. The molecule has 0 aliphatic heterocycles. The van der Waals surface area contributed by atoms with E-state index in [1.165, 1.54) is 6.20 Å². The van der Waals surface area contributed by atoms with Crippen LogP contribution < -0.4 is 15.0 Å². The molecule has 9 nitrogen and oxygen atoms in total. The van der Waals surface area contributed by atoms with Crippen LogP contribution in [0.3, 0.4) is 0 Å². The molecule has 1 aliphatic rings. The maximum absolute atomic E-state index is 13.3. The number of hydrogen-bond donors (Lipinski definition) is 2. The zero-order valence-electron chi connectivity index (χ0n) is 19.9. The van der Waals surface area contributed by atoms with Gasteiger partial charge >= 0.3 is 0 Å². The highest BCUT2D eigenvalue weighted by atomic mass is 35.5. The second-order valence-electron chi connectivity index (χ2n) is 8.63. The number of aromatic amines is 1. The Morgan fingerprint density at radius 2 is 1.78 bits per heavy atom. The van der Waals surface area contributed by atoms with E-state index in [0.717, 1.165) is 25.7 Å². The molecule has 0 atom stereocenters. The minimum atomic E-state index is -0.508. The van der Waals surface area contributed by atoms with E-state index < -0.39 is 5.56 Å². The predicted octanol–water partition coefficient (Wildman–Crippen LogP) is 5.11. The minimum absolute atomic E-state index is 0.0801. The number of pyridine rings is 2. The number of methoxy groups -OCH3 is 2. The standard InChI is InChI=1S/C26H25ClN4O5/c1-34-17-8-5-9-18(35-2)20(17)21-23(14-6-3-4-7-14)29-25(33)22(24(21)32)26-31-30-19(36-26)12-16-11-10-15(27)13-28-16/h5,8-11,13-14H,3-4,6-7,12H2,1-2H3,(H2,29,32,33). The van der Waals surface area contributed by atoms with Crippen molar-refractivity contribution in [1.82, 2.24) is 20.2 Å². The normalized spacial score (nSPS) is 13.8. The monoisotopic (exact) mass is 508 g/mol. The average Bonchev–Trinajstić information content (AvgIpc) is 3.58. The van der Waals surface area contributed by atoms with Crippen LogP contribution in [0.5, 0.6) is 17.2 Å². The zero-order chi connectivity index (χ0) is 25.2. The van der Waals surface area contributed by atoms with Crippen molar-refractivity contribution in [3.8, 4) is 39.8 Å². The number of rotatable bonds is 7. The second kappa shape index (κ2) is 10.0. The fourth-order valence-corrected chi connectivity index (χ4v) is 4.88. The number of hydrogen-bond acceptors (Lipinski definition) is 8. The summed E-state index contributed by atoms with van der Waals surface area (Å²) in [6.45, 7) is 0. The van der Waals surface area contributed by atoms with E-state index in [1.807, 2.05) is 0 Å². The number of aromatic hydroxyl groups is 1. The van der Waals surface area contributed by atoms with Crippen LogP contribution in [-0.4, -0.2) is 39.5 Å². The lowest BCUT2D eigenvalue weighted by Gasteiger charge is -2.21. The zero-order valence-corrected chi connectivity index (χ0v) is 20.6. The molecule has 0 saturated heterocycles. The van der Waals surface area contributed by atoms with Crippen LogP contribution in [0.15, 0.2) is 45.7 Å². The van der Waals surface area contributed by atoms with Crippen LogP contribution in [0.1, 0.15) is 48.9 Å². The van der Waals surface area contributed by atoms with Crippen molar-refractivity contribution in [2.75, 3.05) is 14.2 Å². The molecule has 1 saturated carbocycles. The summed E-state index contributed by atoms with van der Waals surface area (Å²) in [6.07, 6.45) is 5.67. The molecular formula is C26H25ClN4O5. The molecule has 0 radical (unpaired) electrons. The third kappa shape index (κ3) is 4.42. The first-order chi connectivity index (χ1) is 17.5. The predicted molar refractivity (Wildman–Crippen MR) is 134 cm³/mol. The molecule has 0 unspecified atom stereocenters. The minimum Gasteiger partial charge on any atom is -0.506 e. The van der Waals surface area contributed by atoms with Gasteiger partial charge in [0.05, 0.1) is 36.8 Å². The van der Waals surface area contributed by atoms with Gasteiger partial charge in [-0.15, -0.1) is 10.2 Å². The quantitative estimate of drug-likeness (QED) is 0.353. The first-order valence-corrected chi connectivity index (χ1v) is 12.0. The summed E-state index contributed by atoms with van der Waals surface area (Å²) < 4.78 is 17.0. The molecule has 1 aromatic carbocycles. The highest BCUT2D eigenvalue weighted by Crippen LogP contribution is 2.49. The Morgan fingerprint density at radius 3 is 2.42 bits per heavy atom. The Bertz CT molecular complexity index is 1420. The Labute approximate surface area is 212 Å². The SMILES string of the molecule is COc1cccc(OC)c1-c1c(C2CCCC2)[nH]c(=O)c(-c2nnc(Cc3ccc(Cl)cn3)o2)c1O. The summed E-state index contributed by atoms with van der Waals surface area (Å²) >= 11 is 5.90.